The van der Waals surface area contributed by atoms with E-state index in [4.69, 9.17) is 21.1 Å². The van der Waals surface area contributed by atoms with Crippen LogP contribution in [0.3, 0.4) is 0 Å². The second-order valence-electron chi connectivity index (χ2n) is 6.02. The molecule has 1 atom stereocenters. The molecule has 6 heteroatoms. The molecule has 1 aliphatic rings. The van der Waals surface area contributed by atoms with Gasteiger partial charge in [0, 0.05) is 10.5 Å². The Hall–Kier alpha value is -1.72. The van der Waals surface area contributed by atoms with E-state index in [-0.39, 0.29) is 6.04 Å². The number of hydrogen-bond donors (Lipinski definition) is 1. The van der Waals surface area contributed by atoms with Gasteiger partial charge < -0.3 is 14.8 Å². The molecule has 2 aromatic rings. The summed E-state index contributed by atoms with van der Waals surface area (Å²) in [5, 5.41) is 3.98. The zero-order chi connectivity index (χ0) is 18.7. The van der Waals surface area contributed by atoms with E-state index in [1.165, 1.54) is 11.1 Å². The van der Waals surface area contributed by atoms with Crippen LogP contribution in [0, 0.1) is 0 Å². The lowest BCUT2D eigenvalue weighted by atomic mass is 10.1. The minimum Gasteiger partial charge on any atom is -0.493 e. The van der Waals surface area contributed by atoms with Gasteiger partial charge in [0.1, 0.15) is 11.3 Å². The van der Waals surface area contributed by atoms with Crippen LogP contribution in [0.25, 0.3) is 0 Å². The zero-order valence-electron chi connectivity index (χ0n) is 14.8. The molecule has 3 rings (SSSR count). The molecular weight excluding hydrogens is 418 g/mol. The minimum absolute atomic E-state index is 0.169. The molecule has 4 nitrogen and oxygen atoms in total. The van der Waals surface area contributed by atoms with Gasteiger partial charge in [-0.15, -0.1) is 0 Å². The van der Waals surface area contributed by atoms with E-state index in [9.17, 15) is 4.79 Å². The summed E-state index contributed by atoms with van der Waals surface area (Å²) in [6, 6.07) is 9.81. The van der Waals surface area contributed by atoms with Crippen LogP contribution in [0.2, 0.25) is 5.02 Å². The van der Waals surface area contributed by atoms with Crippen LogP contribution in [-0.4, -0.2) is 19.2 Å². The molecule has 1 N–H and O–H groups in total. The van der Waals surface area contributed by atoms with E-state index in [0.717, 1.165) is 23.0 Å². The van der Waals surface area contributed by atoms with E-state index >= 15 is 0 Å². The standard InChI is InChI=1S/C20H21BrClNO3/c1-3-25-19-11-18(16(22)10-14(19)20(24)26-4-2)23-17-9-8-12-13(17)6-5-7-15(12)21/h5-7,10-11,17,23H,3-4,8-9H2,1-2H3. The summed E-state index contributed by atoms with van der Waals surface area (Å²) in [4.78, 5) is 12.2. The Morgan fingerprint density at radius 1 is 1.31 bits per heavy atom. The lowest BCUT2D eigenvalue weighted by molar-refractivity contribution is 0.0522. The first-order valence-corrected chi connectivity index (χ1v) is 9.89. The maximum atomic E-state index is 12.2. The van der Waals surface area contributed by atoms with Gasteiger partial charge in [-0.05, 0) is 49.9 Å². The van der Waals surface area contributed by atoms with Crippen molar-refractivity contribution in [1.82, 2.24) is 0 Å². The molecule has 1 aliphatic carbocycles. The summed E-state index contributed by atoms with van der Waals surface area (Å²) in [5.41, 5.74) is 3.69. The highest BCUT2D eigenvalue weighted by atomic mass is 79.9. The van der Waals surface area contributed by atoms with Crippen LogP contribution in [0.15, 0.2) is 34.8 Å². The van der Waals surface area contributed by atoms with Crippen LogP contribution in [-0.2, 0) is 11.2 Å². The Balaban J connectivity index is 1.91. The van der Waals surface area contributed by atoms with Crippen LogP contribution >= 0.6 is 27.5 Å². The first kappa shape index (κ1) is 19.1. The summed E-state index contributed by atoms with van der Waals surface area (Å²) in [6.07, 6.45) is 1.99. The second kappa shape index (κ2) is 8.31. The molecule has 0 saturated heterocycles. The maximum absolute atomic E-state index is 12.2. The average Bonchev–Trinajstić information content (AvgIpc) is 3.02. The molecule has 0 radical (unpaired) electrons. The van der Waals surface area contributed by atoms with Gasteiger partial charge >= 0.3 is 5.97 Å². The van der Waals surface area contributed by atoms with Crippen molar-refractivity contribution in [2.45, 2.75) is 32.7 Å². The molecular formula is C20H21BrClNO3. The van der Waals surface area contributed by atoms with Crippen molar-refractivity contribution in [1.29, 1.82) is 0 Å². The topological polar surface area (TPSA) is 47.6 Å². The number of nitrogens with one attached hydrogen (secondary N) is 1. The number of carbonyl (C=O) groups excluding carboxylic acids is 1. The molecule has 0 aromatic heterocycles. The van der Waals surface area contributed by atoms with Crippen molar-refractivity contribution in [3.8, 4) is 5.75 Å². The molecule has 1 unspecified atom stereocenters. The summed E-state index contributed by atoms with van der Waals surface area (Å²) < 4.78 is 11.9. The molecule has 0 heterocycles. The Morgan fingerprint density at radius 3 is 2.85 bits per heavy atom. The van der Waals surface area contributed by atoms with Gasteiger partial charge in [0.2, 0.25) is 0 Å². The Kier molecular flexibility index (Phi) is 6.09. The van der Waals surface area contributed by atoms with Gasteiger partial charge in [0.15, 0.2) is 0 Å². The van der Waals surface area contributed by atoms with E-state index in [2.05, 4.69) is 33.4 Å². The molecule has 26 heavy (non-hydrogen) atoms. The van der Waals surface area contributed by atoms with E-state index < -0.39 is 5.97 Å². The minimum atomic E-state index is -0.431. The number of esters is 1. The number of fused-ring (bicyclic) bond motifs is 1. The second-order valence-corrected chi connectivity index (χ2v) is 7.29. The van der Waals surface area contributed by atoms with E-state index in [1.54, 1.807) is 19.1 Å². The molecule has 0 fully saturated rings. The van der Waals surface area contributed by atoms with Crippen LogP contribution < -0.4 is 10.1 Å². The normalized spacial score (nSPS) is 15.5. The summed E-state index contributed by atoms with van der Waals surface area (Å²) in [5.74, 6) is 0.0462. The largest absolute Gasteiger partial charge is 0.493 e. The van der Waals surface area contributed by atoms with Crippen LogP contribution in [0.1, 0.15) is 47.8 Å². The van der Waals surface area contributed by atoms with Gasteiger partial charge in [-0.1, -0.05) is 39.7 Å². The SMILES string of the molecule is CCOC(=O)c1cc(Cl)c(NC2CCc3c(Br)cccc32)cc1OCC. The molecule has 0 amide bonds. The first-order chi connectivity index (χ1) is 12.5. The van der Waals surface area contributed by atoms with Gasteiger partial charge in [-0.25, -0.2) is 4.79 Å². The fourth-order valence-corrected chi connectivity index (χ4v) is 4.05. The predicted octanol–water partition coefficient (Wildman–Crippen LogP) is 5.78. The molecule has 2 aromatic carbocycles. The summed E-state index contributed by atoms with van der Waals surface area (Å²) >= 11 is 10.1. The fraction of sp³-hybridized carbons (Fsp3) is 0.350. The number of benzene rings is 2. The Bertz CT molecular complexity index is 825. The molecule has 0 bridgehead atoms. The first-order valence-electron chi connectivity index (χ1n) is 8.72. The summed E-state index contributed by atoms with van der Waals surface area (Å²) in [6.45, 7) is 4.40. The lowest BCUT2D eigenvalue weighted by Crippen LogP contribution is -2.11. The quantitative estimate of drug-likeness (QED) is 0.581. The number of hydrogen-bond acceptors (Lipinski definition) is 4. The molecule has 138 valence electrons. The van der Waals surface area contributed by atoms with Crippen molar-refractivity contribution in [2.75, 3.05) is 18.5 Å². The summed E-state index contributed by atoms with van der Waals surface area (Å²) in [7, 11) is 0. The molecule has 0 aliphatic heterocycles. The fourth-order valence-electron chi connectivity index (χ4n) is 3.25. The number of rotatable bonds is 6. The number of anilines is 1. The predicted molar refractivity (Wildman–Crippen MR) is 107 cm³/mol. The average molecular weight is 439 g/mol. The van der Waals surface area contributed by atoms with Gasteiger partial charge in [0.25, 0.3) is 0 Å². The monoisotopic (exact) mass is 437 g/mol. The van der Waals surface area contributed by atoms with Crippen molar-refractivity contribution in [3.05, 3.63) is 56.5 Å². The molecule has 0 saturated carbocycles. The smallest absolute Gasteiger partial charge is 0.341 e. The Morgan fingerprint density at radius 2 is 2.12 bits per heavy atom. The number of ether oxygens (including phenoxy) is 2. The van der Waals surface area contributed by atoms with Crippen molar-refractivity contribution in [2.24, 2.45) is 0 Å². The van der Waals surface area contributed by atoms with Gasteiger partial charge in [-0.3, -0.25) is 0 Å². The third-order valence-electron chi connectivity index (χ3n) is 4.41. The highest BCUT2D eigenvalue weighted by Gasteiger charge is 2.25. The molecule has 0 spiro atoms. The van der Waals surface area contributed by atoms with Crippen molar-refractivity contribution >= 4 is 39.2 Å². The van der Waals surface area contributed by atoms with Crippen molar-refractivity contribution in [3.63, 3.8) is 0 Å². The number of halogens is 2. The number of carbonyl (C=O) groups is 1. The van der Waals surface area contributed by atoms with Crippen LogP contribution in [0.4, 0.5) is 5.69 Å². The van der Waals surface area contributed by atoms with Crippen LogP contribution in [0.5, 0.6) is 5.75 Å². The van der Waals surface area contributed by atoms with E-state index in [0.29, 0.717) is 29.5 Å². The van der Waals surface area contributed by atoms with Crippen molar-refractivity contribution < 1.29 is 14.3 Å². The Labute approximate surface area is 167 Å². The van der Waals surface area contributed by atoms with Gasteiger partial charge in [-0.2, -0.15) is 0 Å². The van der Waals surface area contributed by atoms with Gasteiger partial charge in [0.05, 0.1) is 30.0 Å². The van der Waals surface area contributed by atoms with E-state index in [1.807, 2.05) is 13.0 Å². The third-order valence-corrected chi connectivity index (χ3v) is 5.46. The highest BCUT2D eigenvalue weighted by Crippen LogP contribution is 2.40. The lowest BCUT2D eigenvalue weighted by Gasteiger charge is -2.19. The maximum Gasteiger partial charge on any atom is 0.341 e. The highest BCUT2D eigenvalue weighted by molar-refractivity contribution is 9.10. The third kappa shape index (κ3) is 3.84. The zero-order valence-corrected chi connectivity index (χ0v) is 17.1.